The van der Waals surface area contributed by atoms with Crippen molar-refractivity contribution in [2.24, 2.45) is 5.92 Å². The number of aryl methyl sites for hydroxylation is 1. The van der Waals surface area contributed by atoms with Crippen molar-refractivity contribution in [2.75, 3.05) is 25.0 Å². The van der Waals surface area contributed by atoms with Crippen molar-refractivity contribution in [2.45, 2.75) is 26.2 Å². The van der Waals surface area contributed by atoms with E-state index in [4.69, 9.17) is 0 Å². The van der Waals surface area contributed by atoms with Gasteiger partial charge >= 0.3 is 0 Å². The number of hydrogen-bond donors (Lipinski definition) is 1. The third kappa shape index (κ3) is 3.69. The highest BCUT2D eigenvalue weighted by atomic mass is 19.1. The van der Waals surface area contributed by atoms with Crippen LogP contribution in [0.2, 0.25) is 0 Å². The molecule has 1 aromatic carbocycles. The van der Waals surface area contributed by atoms with Crippen LogP contribution in [-0.4, -0.2) is 26.0 Å². The number of carbonyl (C=O) groups excluding carboxylic acids is 1. The van der Waals surface area contributed by atoms with Gasteiger partial charge in [0.25, 0.3) is 0 Å². The van der Waals surface area contributed by atoms with E-state index in [0.717, 1.165) is 31.5 Å². The van der Waals surface area contributed by atoms with Gasteiger partial charge in [0.2, 0.25) is 5.91 Å². The van der Waals surface area contributed by atoms with Crippen LogP contribution in [-0.2, 0) is 4.79 Å². The molecule has 1 fully saturated rings. The third-order valence-electron chi connectivity index (χ3n) is 3.70. The fraction of sp³-hybridized carbons (Fsp3) is 0.533. The Labute approximate surface area is 113 Å². The second-order valence-corrected chi connectivity index (χ2v) is 5.38. The molecule has 0 aromatic heterocycles. The number of carbonyl (C=O) groups is 1. The fourth-order valence-electron chi connectivity index (χ4n) is 2.57. The number of benzene rings is 1. The van der Waals surface area contributed by atoms with Gasteiger partial charge in [-0.2, -0.15) is 0 Å². The van der Waals surface area contributed by atoms with Crippen LogP contribution in [0.1, 0.15) is 24.8 Å². The van der Waals surface area contributed by atoms with E-state index in [9.17, 15) is 9.18 Å². The highest BCUT2D eigenvalue weighted by Gasteiger charge is 2.18. The topological polar surface area (TPSA) is 32.3 Å². The smallest absolute Gasteiger partial charge is 0.220 e. The lowest BCUT2D eigenvalue weighted by molar-refractivity contribution is -0.120. The number of hydrogen-bond acceptors (Lipinski definition) is 2. The summed E-state index contributed by atoms with van der Waals surface area (Å²) in [4.78, 5) is 13.2. The van der Waals surface area contributed by atoms with Crippen molar-refractivity contribution in [3.63, 3.8) is 0 Å². The predicted molar refractivity (Wildman–Crippen MR) is 74.8 cm³/mol. The van der Waals surface area contributed by atoms with Gasteiger partial charge in [-0.15, -0.1) is 0 Å². The summed E-state index contributed by atoms with van der Waals surface area (Å²) in [7, 11) is 1.91. The summed E-state index contributed by atoms with van der Waals surface area (Å²) in [6, 6.07) is 5.31. The highest BCUT2D eigenvalue weighted by Crippen LogP contribution is 2.22. The Kier molecular flexibility index (Phi) is 4.40. The van der Waals surface area contributed by atoms with Crippen LogP contribution in [0.25, 0.3) is 0 Å². The molecule has 0 aliphatic carbocycles. The Hall–Kier alpha value is -1.58. The Morgan fingerprint density at radius 2 is 2.21 bits per heavy atom. The number of nitrogens with one attached hydrogen (secondary N) is 1. The molecule has 2 rings (SSSR count). The number of anilines is 1. The number of nitrogens with zero attached hydrogens (tertiary/aromatic N) is 1. The molecule has 0 spiro atoms. The van der Waals surface area contributed by atoms with Crippen LogP contribution in [0, 0.1) is 18.7 Å². The molecular formula is C15H21FN2O. The zero-order valence-corrected chi connectivity index (χ0v) is 11.6. The molecule has 1 heterocycles. The molecule has 1 aromatic rings. The lowest BCUT2D eigenvalue weighted by Crippen LogP contribution is -2.27. The summed E-state index contributed by atoms with van der Waals surface area (Å²) in [5.41, 5.74) is 1.56. The Bertz CT molecular complexity index is 461. The first kappa shape index (κ1) is 13.8. The van der Waals surface area contributed by atoms with Gasteiger partial charge < -0.3 is 10.2 Å². The second-order valence-electron chi connectivity index (χ2n) is 5.38. The second kappa shape index (κ2) is 6.04. The average molecular weight is 264 g/mol. The minimum Gasteiger partial charge on any atom is -0.372 e. The Balaban J connectivity index is 1.99. The SMILES string of the molecule is Cc1ccc(N(C)CC2CCNC(=O)CC2)c(F)c1. The molecule has 1 unspecified atom stereocenters. The number of amides is 1. The van der Waals surface area contributed by atoms with Crippen LogP contribution < -0.4 is 10.2 Å². The lowest BCUT2D eigenvalue weighted by atomic mass is 10.00. The van der Waals surface area contributed by atoms with E-state index in [1.807, 2.05) is 31.0 Å². The monoisotopic (exact) mass is 264 g/mol. The quantitative estimate of drug-likeness (QED) is 0.909. The van der Waals surface area contributed by atoms with Crippen LogP contribution in [0.4, 0.5) is 10.1 Å². The van der Waals surface area contributed by atoms with Crippen LogP contribution >= 0.6 is 0 Å². The van der Waals surface area contributed by atoms with Crippen LogP contribution in [0.5, 0.6) is 0 Å². The maximum absolute atomic E-state index is 13.9. The van der Waals surface area contributed by atoms with Crippen molar-refractivity contribution in [1.29, 1.82) is 0 Å². The molecule has 4 heteroatoms. The Morgan fingerprint density at radius 3 is 2.95 bits per heavy atom. The number of rotatable bonds is 3. The zero-order chi connectivity index (χ0) is 13.8. The lowest BCUT2D eigenvalue weighted by Gasteiger charge is -2.25. The van der Waals surface area contributed by atoms with Crippen LogP contribution in [0.15, 0.2) is 18.2 Å². The van der Waals surface area contributed by atoms with E-state index < -0.39 is 0 Å². The van der Waals surface area contributed by atoms with Crippen molar-refractivity contribution in [3.8, 4) is 0 Å². The van der Waals surface area contributed by atoms with E-state index >= 15 is 0 Å². The summed E-state index contributed by atoms with van der Waals surface area (Å²) < 4.78 is 13.9. The molecule has 19 heavy (non-hydrogen) atoms. The average Bonchev–Trinajstić information content (AvgIpc) is 2.54. The fourth-order valence-corrected chi connectivity index (χ4v) is 2.57. The molecule has 1 aliphatic rings. The van der Waals surface area contributed by atoms with Crippen molar-refractivity contribution < 1.29 is 9.18 Å². The third-order valence-corrected chi connectivity index (χ3v) is 3.70. The molecule has 1 saturated heterocycles. The van der Waals surface area contributed by atoms with Gasteiger partial charge in [-0.3, -0.25) is 4.79 Å². The van der Waals surface area contributed by atoms with E-state index in [1.54, 1.807) is 6.07 Å². The first-order valence-corrected chi connectivity index (χ1v) is 6.80. The maximum atomic E-state index is 13.9. The predicted octanol–water partition coefficient (Wildman–Crippen LogP) is 2.49. The molecule has 1 N–H and O–H groups in total. The van der Waals surface area contributed by atoms with Gasteiger partial charge in [0.15, 0.2) is 0 Å². The zero-order valence-electron chi connectivity index (χ0n) is 11.6. The molecule has 3 nitrogen and oxygen atoms in total. The van der Waals surface area contributed by atoms with E-state index in [0.29, 0.717) is 18.0 Å². The standard InChI is InChI=1S/C15H21FN2O/c1-11-3-5-14(13(16)9-11)18(2)10-12-4-6-15(19)17-8-7-12/h3,5,9,12H,4,6-8,10H2,1-2H3,(H,17,19). The van der Waals surface area contributed by atoms with E-state index in [-0.39, 0.29) is 11.7 Å². The first-order chi connectivity index (χ1) is 9.06. The molecule has 1 aliphatic heterocycles. The highest BCUT2D eigenvalue weighted by molar-refractivity contribution is 5.76. The van der Waals surface area contributed by atoms with Gasteiger partial charge in [-0.25, -0.2) is 4.39 Å². The van der Waals surface area contributed by atoms with Gasteiger partial charge in [0.05, 0.1) is 5.69 Å². The van der Waals surface area contributed by atoms with E-state index in [2.05, 4.69) is 5.32 Å². The summed E-state index contributed by atoms with van der Waals surface area (Å²) in [6.45, 7) is 3.40. The largest absolute Gasteiger partial charge is 0.372 e. The van der Waals surface area contributed by atoms with Crippen molar-refractivity contribution >= 4 is 11.6 Å². The van der Waals surface area contributed by atoms with Gasteiger partial charge in [-0.1, -0.05) is 6.07 Å². The van der Waals surface area contributed by atoms with Gasteiger partial charge in [0.1, 0.15) is 5.82 Å². The Morgan fingerprint density at radius 1 is 1.42 bits per heavy atom. The molecular weight excluding hydrogens is 243 g/mol. The normalized spacial score (nSPS) is 19.7. The van der Waals surface area contributed by atoms with Crippen LogP contribution in [0.3, 0.4) is 0 Å². The number of halogens is 1. The van der Waals surface area contributed by atoms with Gasteiger partial charge in [-0.05, 0) is 43.4 Å². The summed E-state index contributed by atoms with van der Waals surface area (Å²) in [6.07, 6.45) is 2.42. The van der Waals surface area contributed by atoms with Crippen molar-refractivity contribution in [1.82, 2.24) is 5.32 Å². The molecule has 1 amide bonds. The summed E-state index contributed by atoms with van der Waals surface area (Å²) in [5.74, 6) is 0.390. The molecule has 0 saturated carbocycles. The minimum absolute atomic E-state index is 0.131. The molecule has 0 bridgehead atoms. The van der Waals surface area contributed by atoms with E-state index in [1.165, 1.54) is 0 Å². The maximum Gasteiger partial charge on any atom is 0.220 e. The summed E-state index contributed by atoms with van der Waals surface area (Å²) >= 11 is 0. The molecule has 104 valence electrons. The van der Waals surface area contributed by atoms with Crippen molar-refractivity contribution in [3.05, 3.63) is 29.6 Å². The van der Waals surface area contributed by atoms with Gasteiger partial charge in [0, 0.05) is 26.6 Å². The molecule has 0 radical (unpaired) electrons. The molecule has 1 atom stereocenters. The minimum atomic E-state index is -0.176. The summed E-state index contributed by atoms with van der Waals surface area (Å²) in [5, 5.41) is 2.87. The first-order valence-electron chi connectivity index (χ1n) is 6.80.